The maximum absolute atomic E-state index is 11.7. The van der Waals surface area contributed by atoms with Gasteiger partial charge in [0.1, 0.15) is 11.6 Å². The molecule has 178 valence electrons. The van der Waals surface area contributed by atoms with Gasteiger partial charge in [-0.1, -0.05) is 0 Å². The summed E-state index contributed by atoms with van der Waals surface area (Å²) in [5.74, 6) is 1.31. The number of carbonyl (C=O) groups excluding carboxylic acids is 1. The number of ether oxygens (including phenoxy) is 1. The Morgan fingerprint density at radius 2 is 1.91 bits per heavy atom. The van der Waals surface area contributed by atoms with Gasteiger partial charge < -0.3 is 25.2 Å². The summed E-state index contributed by atoms with van der Waals surface area (Å²) in [6, 6.07) is 8.08. The third-order valence-corrected chi connectivity index (χ3v) is 6.11. The molecule has 2 N–H and O–H groups in total. The number of aromatic nitrogens is 4. The van der Waals surface area contributed by atoms with Crippen molar-refractivity contribution in [2.24, 2.45) is 0 Å². The molecule has 2 aromatic heterocycles. The second-order valence-electron chi connectivity index (χ2n) is 8.50. The lowest BCUT2D eigenvalue weighted by atomic mass is 10.1. The monoisotopic (exact) mass is 472 g/mol. The minimum atomic E-state index is 0.0458. The van der Waals surface area contributed by atoms with E-state index in [1.807, 2.05) is 0 Å². The van der Waals surface area contributed by atoms with Crippen LogP contribution in [0.5, 0.6) is 5.75 Å². The predicted molar refractivity (Wildman–Crippen MR) is 128 cm³/mol. The van der Waals surface area contributed by atoms with E-state index in [1.165, 1.54) is 10.7 Å². The molecule has 1 amide bonds. The van der Waals surface area contributed by atoms with Gasteiger partial charge in [-0.3, -0.25) is 4.79 Å². The van der Waals surface area contributed by atoms with E-state index in [0.717, 1.165) is 18.5 Å². The number of hydrogen-bond acceptors (Lipinski definition) is 10. The molecule has 35 heavy (non-hydrogen) atoms. The van der Waals surface area contributed by atoms with Gasteiger partial charge in [-0.05, 0) is 25.0 Å². The van der Waals surface area contributed by atoms with Crippen molar-refractivity contribution < 1.29 is 9.53 Å². The molecule has 12 heteroatoms. The molecule has 1 aliphatic carbocycles. The van der Waals surface area contributed by atoms with Crippen LogP contribution in [0.1, 0.15) is 30.9 Å². The number of piperazine rings is 1. The fourth-order valence-corrected chi connectivity index (χ4v) is 4.12. The van der Waals surface area contributed by atoms with E-state index in [4.69, 9.17) is 4.74 Å². The third kappa shape index (κ3) is 4.34. The van der Waals surface area contributed by atoms with Crippen molar-refractivity contribution in [3.63, 3.8) is 0 Å². The van der Waals surface area contributed by atoms with Crippen LogP contribution in [0, 0.1) is 22.7 Å². The highest BCUT2D eigenvalue weighted by Gasteiger charge is 2.26. The molecular formula is C23H24N10O2. The molecule has 12 nitrogen and oxygen atoms in total. The van der Waals surface area contributed by atoms with E-state index in [0.29, 0.717) is 66.4 Å². The Bertz CT molecular complexity index is 1370. The van der Waals surface area contributed by atoms with Gasteiger partial charge in [-0.2, -0.15) is 30.1 Å². The molecule has 1 aliphatic heterocycles. The second kappa shape index (κ2) is 8.99. The average Bonchev–Trinajstić information content (AvgIpc) is 3.59. The molecule has 2 aliphatic rings. The number of amides is 1. The molecule has 1 aromatic carbocycles. The number of nitriles is 2. The fraction of sp³-hybridized carbons (Fsp3) is 0.391. The highest BCUT2D eigenvalue weighted by atomic mass is 16.5. The molecule has 1 saturated heterocycles. The first-order chi connectivity index (χ1) is 17.0. The van der Waals surface area contributed by atoms with E-state index in [1.54, 1.807) is 31.1 Å². The van der Waals surface area contributed by atoms with Crippen molar-refractivity contribution in [2.75, 3.05) is 48.8 Å². The Hall–Kier alpha value is -4.58. The lowest BCUT2D eigenvalue weighted by Gasteiger charge is -2.36. The van der Waals surface area contributed by atoms with Crippen molar-refractivity contribution in [3.8, 4) is 17.9 Å². The number of carbonyl (C=O) groups is 1. The largest absolute Gasteiger partial charge is 0.492 e. The molecule has 0 spiro atoms. The first kappa shape index (κ1) is 22.2. The van der Waals surface area contributed by atoms with Gasteiger partial charge >= 0.3 is 0 Å². The minimum Gasteiger partial charge on any atom is -0.492 e. The summed E-state index contributed by atoms with van der Waals surface area (Å²) < 4.78 is 7.28. The van der Waals surface area contributed by atoms with Crippen LogP contribution in [-0.4, -0.2) is 69.7 Å². The van der Waals surface area contributed by atoms with Gasteiger partial charge in [0.05, 0.1) is 36.3 Å². The lowest BCUT2D eigenvalue weighted by Crippen LogP contribution is -2.48. The summed E-state index contributed by atoms with van der Waals surface area (Å²) in [6.07, 6.45) is 3.54. The maximum atomic E-state index is 11.7. The van der Waals surface area contributed by atoms with Crippen molar-refractivity contribution in [2.45, 2.75) is 25.8 Å². The van der Waals surface area contributed by atoms with E-state index >= 15 is 0 Å². The van der Waals surface area contributed by atoms with Crippen LogP contribution in [0.2, 0.25) is 0 Å². The van der Waals surface area contributed by atoms with Gasteiger partial charge in [-0.25, -0.2) is 0 Å². The maximum Gasteiger partial charge on any atom is 0.232 e. The summed E-state index contributed by atoms with van der Waals surface area (Å²) in [5, 5.41) is 29.9. The molecule has 5 rings (SSSR count). The molecule has 0 unspecified atom stereocenters. The van der Waals surface area contributed by atoms with Crippen molar-refractivity contribution >= 4 is 34.8 Å². The van der Waals surface area contributed by atoms with E-state index in [9.17, 15) is 15.3 Å². The number of anilines is 4. The summed E-state index contributed by atoms with van der Waals surface area (Å²) in [7, 11) is 1.57. The van der Waals surface area contributed by atoms with E-state index in [2.05, 4.69) is 42.7 Å². The standard InChI is InChI=1S/C23H24N10O2/c1-14(34)31-5-7-32(8-6-31)19-10-15(11-24)9-18(20(19)35-2)28-22-29-21-16(12-25)13-26-33(21)23(30-22)27-17-3-4-17/h9-10,13,17H,3-8H2,1-2H3,(H2,27,28,29,30). The van der Waals surface area contributed by atoms with Crippen LogP contribution < -0.4 is 20.3 Å². The van der Waals surface area contributed by atoms with Crippen LogP contribution in [0.25, 0.3) is 5.65 Å². The Morgan fingerprint density at radius 3 is 2.54 bits per heavy atom. The van der Waals surface area contributed by atoms with Crippen LogP contribution in [-0.2, 0) is 4.79 Å². The minimum absolute atomic E-state index is 0.0458. The first-order valence-electron chi connectivity index (χ1n) is 11.3. The Balaban J connectivity index is 1.53. The number of hydrogen-bond donors (Lipinski definition) is 2. The zero-order valence-electron chi connectivity index (χ0n) is 19.4. The van der Waals surface area contributed by atoms with Crippen molar-refractivity contribution in [1.82, 2.24) is 24.5 Å². The molecule has 0 bridgehead atoms. The second-order valence-corrected chi connectivity index (χ2v) is 8.50. The molecule has 3 heterocycles. The average molecular weight is 473 g/mol. The van der Waals surface area contributed by atoms with Crippen LogP contribution in [0.4, 0.5) is 23.3 Å². The molecule has 0 atom stereocenters. The SMILES string of the molecule is COc1c(Nc2nc(NC3CC3)n3ncc(C#N)c3n2)cc(C#N)cc1N1CCN(C(C)=O)CC1. The summed E-state index contributed by atoms with van der Waals surface area (Å²) in [6.45, 7) is 3.97. The molecular weight excluding hydrogens is 448 g/mol. The van der Waals surface area contributed by atoms with Gasteiger partial charge in [0.15, 0.2) is 11.4 Å². The van der Waals surface area contributed by atoms with Gasteiger partial charge in [-0.15, -0.1) is 0 Å². The van der Waals surface area contributed by atoms with Crippen LogP contribution >= 0.6 is 0 Å². The molecule has 0 radical (unpaired) electrons. The van der Waals surface area contributed by atoms with Crippen molar-refractivity contribution in [3.05, 3.63) is 29.5 Å². The number of nitrogens with zero attached hydrogens (tertiary/aromatic N) is 8. The van der Waals surface area contributed by atoms with Gasteiger partial charge in [0.2, 0.25) is 17.8 Å². The zero-order valence-corrected chi connectivity index (χ0v) is 19.4. The van der Waals surface area contributed by atoms with Crippen molar-refractivity contribution in [1.29, 1.82) is 10.5 Å². The first-order valence-corrected chi connectivity index (χ1v) is 11.3. The lowest BCUT2D eigenvalue weighted by molar-refractivity contribution is -0.129. The van der Waals surface area contributed by atoms with E-state index < -0.39 is 0 Å². The summed E-state index contributed by atoms with van der Waals surface area (Å²) in [5.41, 5.74) is 2.42. The topological polar surface area (TPSA) is 148 Å². The fourth-order valence-electron chi connectivity index (χ4n) is 4.12. The molecule has 1 saturated carbocycles. The summed E-state index contributed by atoms with van der Waals surface area (Å²) >= 11 is 0. The summed E-state index contributed by atoms with van der Waals surface area (Å²) in [4.78, 5) is 24.7. The van der Waals surface area contributed by atoms with Crippen LogP contribution in [0.3, 0.4) is 0 Å². The quantitative estimate of drug-likeness (QED) is 0.545. The Morgan fingerprint density at radius 1 is 1.14 bits per heavy atom. The zero-order chi connectivity index (χ0) is 24.5. The smallest absolute Gasteiger partial charge is 0.232 e. The van der Waals surface area contributed by atoms with Gasteiger partial charge in [0.25, 0.3) is 0 Å². The number of fused-ring (bicyclic) bond motifs is 1. The highest BCUT2D eigenvalue weighted by molar-refractivity contribution is 5.78. The number of nitrogens with one attached hydrogen (secondary N) is 2. The number of rotatable bonds is 6. The number of benzene rings is 1. The third-order valence-electron chi connectivity index (χ3n) is 6.11. The van der Waals surface area contributed by atoms with Crippen LogP contribution in [0.15, 0.2) is 18.3 Å². The number of methoxy groups -OCH3 is 1. The normalized spacial score (nSPS) is 15.4. The predicted octanol–water partition coefficient (Wildman–Crippen LogP) is 1.86. The molecule has 3 aromatic rings. The Kier molecular flexibility index (Phi) is 5.71. The van der Waals surface area contributed by atoms with Gasteiger partial charge in [0, 0.05) is 39.1 Å². The molecule has 2 fully saturated rings. The highest BCUT2D eigenvalue weighted by Crippen LogP contribution is 2.39. The Labute approximate surface area is 201 Å². The van der Waals surface area contributed by atoms with E-state index in [-0.39, 0.29) is 11.9 Å².